The molecule has 0 N–H and O–H groups in total. The van der Waals surface area contributed by atoms with E-state index in [1.807, 2.05) is 18.2 Å². The van der Waals surface area contributed by atoms with Gasteiger partial charge in [-0.2, -0.15) is 0 Å². The number of benzene rings is 1. The number of carbonyl (C=O) groups is 1. The lowest BCUT2D eigenvalue weighted by molar-refractivity contribution is -0.114. The van der Waals surface area contributed by atoms with Crippen molar-refractivity contribution in [1.29, 1.82) is 0 Å². The maximum Gasteiger partial charge on any atom is 0.169 e. The van der Waals surface area contributed by atoms with Crippen molar-refractivity contribution in [1.82, 2.24) is 0 Å². The maximum atomic E-state index is 11.3. The van der Waals surface area contributed by atoms with Gasteiger partial charge in [0.15, 0.2) is 5.78 Å². The van der Waals surface area contributed by atoms with Crippen molar-refractivity contribution in [3.05, 3.63) is 39.5 Å². The van der Waals surface area contributed by atoms with Gasteiger partial charge in [0.2, 0.25) is 0 Å². The van der Waals surface area contributed by atoms with Gasteiger partial charge in [-0.05, 0) is 40.1 Å². The van der Waals surface area contributed by atoms with Crippen LogP contribution in [0.2, 0.25) is 0 Å². The van der Waals surface area contributed by atoms with Crippen LogP contribution in [0.15, 0.2) is 33.9 Å². The first-order valence-corrected chi connectivity index (χ1v) is 5.34. The zero-order valence-corrected chi connectivity index (χ0v) is 9.24. The number of hydrogen-bond donors (Lipinski definition) is 0. The Morgan fingerprint density at radius 2 is 1.77 bits per heavy atom. The first kappa shape index (κ1) is 8.94. The SMILES string of the molecule is O=C1CCC(c2ccccc2)=C1I. The quantitative estimate of drug-likeness (QED) is 0.724. The molecule has 2 heteroatoms. The summed E-state index contributed by atoms with van der Waals surface area (Å²) >= 11 is 2.15. The van der Waals surface area contributed by atoms with E-state index >= 15 is 0 Å². The first-order chi connectivity index (χ1) is 6.29. The monoisotopic (exact) mass is 284 g/mol. The van der Waals surface area contributed by atoms with Gasteiger partial charge in [-0.1, -0.05) is 30.3 Å². The predicted molar refractivity (Wildman–Crippen MR) is 61.6 cm³/mol. The third-order valence-corrected chi connectivity index (χ3v) is 3.49. The molecule has 0 saturated heterocycles. The van der Waals surface area contributed by atoms with Gasteiger partial charge in [-0.25, -0.2) is 0 Å². The highest BCUT2D eigenvalue weighted by molar-refractivity contribution is 14.1. The fourth-order valence-corrected chi connectivity index (χ4v) is 2.39. The molecule has 1 aliphatic carbocycles. The zero-order chi connectivity index (χ0) is 9.26. The van der Waals surface area contributed by atoms with E-state index in [1.165, 1.54) is 11.1 Å². The molecule has 0 heterocycles. The lowest BCUT2D eigenvalue weighted by Crippen LogP contribution is -1.87. The zero-order valence-electron chi connectivity index (χ0n) is 7.09. The summed E-state index contributed by atoms with van der Waals surface area (Å²) in [5.41, 5.74) is 2.41. The largest absolute Gasteiger partial charge is 0.294 e. The van der Waals surface area contributed by atoms with Gasteiger partial charge >= 0.3 is 0 Å². The number of rotatable bonds is 1. The van der Waals surface area contributed by atoms with Crippen LogP contribution in [0, 0.1) is 0 Å². The summed E-state index contributed by atoms with van der Waals surface area (Å²) in [5.74, 6) is 0.291. The van der Waals surface area contributed by atoms with Crippen molar-refractivity contribution in [3.63, 3.8) is 0 Å². The molecule has 13 heavy (non-hydrogen) atoms. The molecule has 1 aromatic rings. The predicted octanol–water partition coefficient (Wildman–Crippen LogP) is 3.20. The molecule has 1 nitrogen and oxygen atoms in total. The van der Waals surface area contributed by atoms with E-state index in [2.05, 4.69) is 34.7 Å². The number of carbonyl (C=O) groups excluding carboxylic acids is 1. The molecule has 0 atom stereocenters. The van der Waals surface area contributed by atoms with Crippen LogP contribution in [-0.2, 0) is 4.79 Å². The highest BCUT2D eigenvalue weighted by Gasteiger charge is 2.21. The van der Waals surface area contributed by atoms with Crippen molar-refractivity contribution >= 4 is 33.9 Å². The Hall–Kier alpha value is -0.640. The van der Waals surface area contributed by atoms with Crippen molar-refractivity contribution in [2.24, 2.45) is 0 Å². The molecule has 0 fully saturated rings. The molecule has 0 spiro atoms. The van der Waals surface area contributed by atoms with Gasteiger partial charge in [-0.15, -0.1) is 0 Å². The normalized spacial score (nSPS) is 16.8. The second-order valence-corrected chi connectivity index (χ2v) is 4.16. The second-order valence-electron chi connectivity index (χ2n) is 3.08. The fraction of sp³-hybridized carbons (Fsp3) is 0.182. The minimum atomic E-state index is 0.291. The summed E-state index contributed by atoms with van der Waals surface area (Å²) in [6, 6.07) is 10.1. The molecular formula is C11H9IO. The summed E-state index contributed by atoms with van der Waals surface area (Å²) < 4.78 is 0.920. The third-order valence-electron chi connectivity index (χ3n) is 2.23. The molecule has 2 rings (SSSR count). The summed E-state index contributed by atoms with van der Waals surface area (Å²) in [5, 5.41) is 0. The Bertz CT molecular complexity index is 365. The standard InChI is InChI=1S/C11H9IO/c12-11-9(6-7-10(11)13)8-4-2-1-3-5-8/h1-5H,6-7H2. The van der Waals surface area contributed by atoms with Crippen molar-refractivity contribution < 1.29 is 4.79 Å². The molecular weight excluding hydrogens is 275 g/mol. The minimum absolute atomic E-state index is 0.291. The fourth-order valence-electron chi connectivity index (χ4n) is 1.54. The van der Waals surface area contributed by atoms with E-state index in [4.69, 9.17) is 0 Å². The summed E-state index contributed by atoms with van der Waals surface area (Å²) in [6.45, 7) is 0. The molecule has 1 aromatic carbocycles. The third kappa shape index (κ3) is 1.68. The van der Waals surface area contributed by atoms with Crippen molar-refractivity contribution in [2.45, 2.75) is 12.8 Å². The van der Waals surface area contributed by atoms with E-state index in [1.54, 1.807) is 0 Å². The topological polar surface area (TPSA) is 17.1 Å². The smallest absolute Gasteiger partial charge is 0.169 e. The lowest BCUT2D eigenvalue weighted by atomic mass is 10.1. The maximum absolute atomic E-state index is 11.3. The molecule has 0 unspecified atom stereocenters. The minimum Gasteiger partial charge on any atom is -0.294 e. The number of Topliss-reactive ketones (excluding diaryl/α,β-unsaturated/α-hetero) is 1. The number of allylic oxidation sites excluding steroid dienone is 2. The molecule has 1 aliphatic rings. The Morgan fingerprint density at radius 1 is 1.08 bits per heavy atom. The van der Waals surface area contributed by atoms with E-state index < -0.39 is 0 Å². The van der Waals surface area contributed by atoms with Crippen molar-refractivity contribution in [2.75, 3.05) is 0 Å². The second kappa shape index (κ2) is 3.62. The highest BCUT2D eigenvalue weighted by atomic mass is 127. The average Bonchev–Trinajstić information content (AvgIpc) is 2.49. The summed E-state index contributed by atoms with van der Waals surface area (Å²) in [7, 11) is 0. The lowest BCUT2D eigenvalue weighted by Gasteiger charge is -2.00. The van der Waals surface area contributed by atoms with E-state index in [-0.39, 0.29) is 0 Å². The highest BCUT2D eigenvalue weighted by Crippen LogP contribution is 2.34. The van der Waals surface area contributed by atoms with Gasteiger partial charge in [0, 0.05) is 6.42 Å². The van der Waals surface area contributed by atoms with Crippen LogP contribution in [0.3, 0.4) is 0 Å². The van der Waals surface area contributed by atoms with E-state index in [0.717, 1.165) is 10.0 Å². The molecule has 0 aromatic heterocycles. The first-order valence-electron chi connectivity index (χ1n) is 4.26. The van der Waals surface area contributed by atoms with E-state index in [0.29, 0.717) is 12.2 Å². The molecule has 0 amide bonds. The molecule has 0 saturated carbocycles. The average molecular weight is 284 g/mol. The van der Waals surface area contributed by atoms with Gasteiger partial charge in [0.1, 0.15) is 0 Å². The number of halogens is 1. The van der Waals surface area contributed by atoms with Crippen LogP contribution in [0.5, 0.6) is 0 Å². The number of hydrogen-bond acceptors (Lipinski definition) is 1. The van der Waals surface area contributed by atoms with Gasteiger partial charge < -0.3 is 0 Å². The van der Waals surface area contributed by atoms with E-state index in [9.17, 15) is 4.79 Å². The Labute approximate surface area is 91.0 Å². The molecule has 0 aliphatic heterocycles. The Kier molecular flexibility index (Phi) is 2.49. The Morgan fingerprint density at radius 3 is 2.31 bits per heavy atom. The summed E-state index contributed by atoms with van der Waals surface area (Å²) in [4.78, 5) is 11.3. The van der Waals surface area contributed by atoms with Crippen LogP contribution in [-0.4, -0.2) is 5.78 Å². The number of ketones is 1. The summed E-state index contributed by atoms with van der Waals surface area (Å²) in [6.07, 6.45) is 1.59. The van der Waals surface area contributed by atoms with Crippen molar-refractivity contribution in [3.8, 4) is 0 Å². The molecule has 66 valence electrons. The molecule has 0 bridgehead atoms. The van der Waals surface area contributed by atoms with Crippen LogP contribution >= 0.6 is 22.6 Å². The molecule has 0 radical (unpaired) electrons. The van der Waals surface area contributed by atoms with Gasteiger partial charge in [-0.3, -0.25) is 4.79 Å². The van der Waals surface area contributed by atoms with Gasteiger partial charge in [0.05, 0.1) is 3.58 Å². The van der Waals surface area contributed by atoms with Crippen LogP contribution in [0.25, 0.3) is 5.57 Å². The van der Waals surface area contributed by atoms with Gasteiger partial charge in [0.25, 0.3) is 0 Å². The van der Waals surface area contributed by atoms with Crippen LogP contribution in [0.1, 0.15) is 18.4 Å². The Balaban J connectivity index is 2.43. The van der Waals surface area contributed by atoms with Crippen LogP contribution < -0.4 is 0 Å². The van der Waals surface area contributed by atoms with Crippen LogP contribution in [0.4, 0.5) is 0 Å².